The predicted octanol–water partition coefficient (Wildman–Crippen LogP) is 0.314. The number of carbonyl (C=O) groups excluding carboxylic acids is 1. The first-order chi connectivity index (χ1) is 3.83. The van der Waals surface area contributed by atoms with Gasteiger partial charge in [0.25, 0.3) is 0 Å². The van der Waals surface area contributed by atoms with Crippen molar-refractivity contribution in [1.82, 2.24) is 0 Å². The van der Waals surface area contributed by atoms with E-state index in [1.165, 1.54) is 0 Å². The number of rotatable bonds is 1. The van der Waals surface area contributed by atoms with Crippen molar-refractivity contribution in [1.29, 1.82) is 0 Å². The summed E-state index contributed by atoms with van der Waals surface area (Å²) in [7, 11) is 0. The molecule has 1 fully saturated rings. The van der Waals surface area contributed by atoms with E-state index in [2.05, 4.69) is 0 Å². The van der Waals surface area contributed by atoms with Gasteiger partial charge in [0.15, 0.2) is 0 Å². The Morgan fingerprint density at radius 3 is 2.75 bits per heavy atom. The minimum atomic E-state index is 0.389. The van der Waals surface area contributed by atoms with Crippen molar-refractivity contribution in [3.63, 3.8) is 0 Å². The summed E-state index contributed by atoms with van der Waals surface area (Å²) < 4.78 is 0. The van der Waals surface area contributed by atoms with Crippen LogP contribution in [0.5, 0.6) is 0 Å². The van der Waals surface area contributed by atoms with Gasteiger partial charge < -0.3 is 5.73 Å². The van der Waals surface area contributed by atoms with Gasteiger partial charge in [-0.15, -0.1) is 0 Å². The summed E-state index contributed by atoms with van der Waals surface area (Å²) in [6.45, 7) is 0.686. The first kappa shape index (κ1) is 5.76. The molecular formula is C6H11NO. The number of ketones is 1. The summed E-state index contributed by atoms with van der Waals surface area (Å²) in [6.07, 6.45) is 2.52. The number of carbonyl (C=O) groups is 1. The average Bonchev–Trinajstić information content (AvgIpc) is 2.14. The Labute approximate surface area is 49.1 Å². The van der Waals surface area contributed by atoms with Crippen molar-refractivity contribution < 1.29 is 4.79 Å². The highest BCUT2D eigenvalue weighted by Crippen LogP contribution is 2.19. The van der Waals surface area contributed by atoms with E-state index < -0.39 is 0 Å². The summed E-state index contributed by atoms with van der Waals surface area (Å²) in [5.41, 5.74) is 5.34. The molecule has 0 unspecified atom stereocenters. The quantitative estimate of drug-likeness (QED) is 0.532. The Bertz CT molecular complexity index is 101. The lowest BCUT2D eigenvalue weighted by atomic mass is 10.1. The monoisotopic (exact) mass is 113 g/mol. The van der Waals surface area contributed by atoms with Crippen LogP contribution in [0.4, 0.5) is 0 Å². The molecule has 8 heavy (non-hydrogen) atoms. The van der Waals surface area contributed by atoms with Crippen molar-refractivity contribution >= 4 is 5.78 Å². The van der Waals surface area contributed by atoms with E-state index in [-0.39, 0.29) is 0 Å². The van der Waals surface area contributed by atoms with Crippen molar-refractivity contribution in [3.05, 3.63) is 0 Å². The lowest BCUT2D eigenvalue weighted by Gasteiger charge is -1.98. The average molecular weight is 113 g/mol. The standard InChI is InChI=1S/C6H11NO/c7-4-5-1-2-6(8)3-5/h5H,1-4,7H2/t5-/m1/s1. The van der Waals surface area contributed by atoms with Crippen LogP contribution in [0.25, 0.3) is 0 Å². The Balaban J connectivity index is 2.32. The summed E-state index contributed by atoms with van der Waals surface area (Å²) >= 11 is 0. The maximum atomic E-state index is 10.6. The molecule has 0 heterocycles. The molecule has 0 aromatic heterocycles. The van der Waals surface area contributed by atoms with Gasteiger partial charge in [0.1, 0.15) is 5.78 Å². The normalized spacial score (nSPS) is 29.1. The van der Waals surface area contributed by atoms with Gasteiger partial charge in [0.05, 0.1) is 0 Å². The molecule has 1 aliphatic carbocycles. The molecule has 1 saturated carbocycles. The molecule has 0 aromatic carbocycles. The van der Waals surface area contributed by atoms with Crippen molar-refractivity contribution in [3.8, 4) is 0 Å². The number of Topliss-reactive ketones (excluding diaryl/α,β-unsaturated/α-hetero) is 1. The highest BCUT2D eigenvalue weighted by Gasteiger charge is 2.19. The molecule has 2 N–H and O–H groups in total. The van der Waals surface area contributed by atoms with Gasteiger partial charge in [-0.2, -0.15) is 0 Å². The number of nitrogens with two attached hydrogens (primary N) is 1. The fourth-order valence-corrected chi connectivity index (χ4v) is 1.09. The first-order valence-corrected chi connectivity index (χ1v) is 3.04. The zero-order chi connectivity index (χ0) is 5.98. The van der Waals surface area contributed by atoms with Crippen LogP contribution in [-0.2, 0) is 4.79 Å². The molecule has 1 aliphatic rings. The third-order valence-electron chi connectivity index (χ3n) is 1.68. The Kier molecular flexibility index (Phi) is 1.63. The van der Waals surface area contributed by atoms with Crippen LogP contribution in [0.2, 0.25) is 0 Å². The van der Waals surface area contributed by atoms with Crippen molar-refractivity contribution in [2.75, 3.05) is 6.54 Å². The first-order valence-electron chi connectivity index (χ1n) is 3.04. The van der Waals surface area contributed by atoms with Crippen LogP contribution in [0.3, 0.4) is 0 Å². The molecule has 1 rings (SSSR count). The van der Waals surface area contributed by atoms with Crippen LogP contribution in [0.15, 0.2) is 0 Å². The molecule has 0 saturated heterocycles. The van der Waals surface area contributed by atoms with E-state index in [0.29, 0.717) is 18.2 Å². The third-order valence-corrected chi connectivity index (χ3v) is 1.68. The smallest absolute Gasteiger partial charge is 0.133 e. The predicted molar refractivity (Wildman–Crippen MR) is 31.4 cm³/mol. The van der Waals surface area contributed by atoms with Crippen LogP contribution in [-0.4, -0.2) is 12.3 Å². The molecule has 2 heteroatoms. The van der Waals surface area contributed by atoms with E-state index in [0.717, 1.165) is 19.3 Å². The van der Waals surface area contributed by atoms with Gasteiger partial charge in [-0.1, -0.05) is 0 Å². The molecule has 0 amide bonds. The molecule has 0 bridgehead atoms. The second kappa shape index (κ2) is 2.27. The molecule has 46 valence electrons. The van der Waals surface area contributed by atoms with Crippen molar-refractivity contribution in [2.45, 2.75) is 19.3 Å². The Hall–Kier alpha value is -0.370. The van der Waals surface area contributed by atoms with Gasteiger partial charge in [-0.25, -0.2) is 0 Å². The largest absolute Gasteiger partial charge is 0.330 e. The third kappa shape index (κ3) is 1.07. The van der Waals surface area contributed by atoms with E-state index in [9.17, 15) is 4.79 Å². The Morgan fingerprint density at radius 2 is 2.50 bits per heavy atom. The van der Waals surface area contributed by atoms with Gasteiger partial charge in [0.2, 0.25) is 0 Å². The van der Waals surface area contributed by atoms with Gasteiger partial charge >= 0.3 is 0 Å². The lowest BCUT2D eigenvalue weighted by molar-refractivity contribution is -0.117. The maximum Gasteiger partial charge on any atom is 0.133 e. The maximum absolute atomic E-state index is 10.6. The minimum Gasteiger partial charge on any atom is -0.330 e. The summed E-state index contributed by atoms with van der Waals surface area (Å²) in [4.78, 5) is 10.6. The molecule has 1 atom stereocenters. The molecule has 0 aromatic rings. The molecule has 0 spiro atoms. The Morgan fingerprint density at radius 1 is 1.75 bits per heavy atom. The summed E-state index contributed by atoms with van der Waals surface area (Å²) in [5, 5.41) is 0. The van der Waals surface area contributed by atoms with Crippen LogP contribution >= 0.6 is 0 Å². The SMILES string of the molecule is NC[C@@H]1CCC(=O)C1. The van der Waals surface area contributed by atoms with E-state index in [4.69, 9.17) is 5.73 Å². The highest BCUT2D eigenvalue weighted by atomic mass is 16.1. The molecule has 0 aliphatic heterocycles. The lowest BCUT2D eigenvalue weighted by Crippen LogP contribution is -2.10. The topological polar surface area (TPSA) is 43.1 Å². The fourth-order valence-electron chi connectivity index (χ4n) is 1.09. The van der Waals surface area contributed by atoms with E-state index >= 15 is 0 Å². The summed E-state index contributed by atoms with van der Waals surface area (Å²) in [5.74, 6) is 0.892. The zero-order valence-corrected chi connectivity index (χ0v) is 4.89. The van der Waals surface area contributed by atoms with Gasteiger partial charge in [-0.05, 0) is 18.9 Å². The molecule has 2 nitrogen and oxygen atoms in total. The molecular weight excluding hydrogens is 102 g/mol. The van der Waals surface area contributed by atoms with Crippen LogP contribution in [0.1, 0.15) is 19.3 Å². The number of hydrogen-bond acceptors (Lipinski definition) is 2. The van der Waals surface area contributed by atoms with E-state index in [1.54, 1.807) is 0 Å². The minimum absolute atomic E-state index is 0.389. The zero-order valence-electron chi connectivity index (χ0n) is 4.89. The van der Waals surface area contributed by atoms with Crippen molar-refractivity contribution in [2.24, 2.45) is 11.7 Å². The molecule has 0 radical (unpaired) electrons. The van der Waals surface area contributed by atoms with Crippen LogP contribution in [0, 0.1) is 5.92 Å². The van der Waals surface area contributed by atoms with Gasteiger partial charge in [0, 0.05) is 12.8 Å². The second-order valence-corrected chi connectivity index (χ2v) is 2.38. The van der Waals surface area contributed by atoms with E-state index in [1.807, 2.05) is 0 Å². The highest BCUT2D eigenvalue weighted by molar-refractivity contribution is 5.80. The second-order valence-electron chi connectivity index (χ2n) is 2.38. The van der Waals surface area contributed by atoms with Gasteiger partial charge in [-0.3, -0.25) is 4.79 Å². The number of hydrogen-bond donors (Lipinski definition) is 1. The summed E-state index contributed by atoms with van der Waals surface area (Å²) in [6, 6.07) is 0. The van der Waals surface area contributed by atoms with Crippen LogP contribution < -0.4 is 5.73 Å². The fraction of sp³-hybridized carbons (Fsp3) is 0.833.